The lowest BCUT2D eigenvalue weighted by Crippen LogP contribution is -2.27. The van der Waals surface area contributed by atoms with Crippen LogP contribution < -0.4 is 0 Å². The van der Waals surface area contributed by atoms with Crippen LogP contribution in [0.4, 0.5) is 9.18 Å². The molecule has 0 spiro atoms. The minimum Gasteiger partial charge on any atom is -0.268 e. The van der Waals surface area contributed by atoms with E-state index in [1.165, 1.54) is 22.6 Å². The predicted molar refractivity (Wildman–Crippen MR) is 120 cm³/mol. The van der Waals surface area contributed by atoms with Crippen molar-refractivity contribution >= 4 is 40.7 Å². The van der Waals surface area contributed by atoms with Crippen LogP contribution in [-0.2, 0) is 11.3 Å². The van der Waals surface area contributed by atoms with Crippen molar-refractivity contribution in [3.8, 4) is 0 Å². The maximum Gasteiger partial charge on any atom is 0.293 e. The Labute approximate surface area is 183 Å². The third-order valence-corrected chi connectivity index (χ3v) is 6.49. The Hall–Kier alpha value is -2.83. The van der Waals surface area contributed by atoms with Crippen LogP contribution in [-0.4, -0.2) is 16.0 Å². The largest absolute Gasteiger partial charge is 0.293 e. The molecular formula is C24H18FNO2S2. The molecule has 3 nitrogen and oxygen atoms in total. The summed E-state index contributed by atoms with van der Waals surface area (Å²) >= 11 is 2.60. The lowest BCUT2D eigenvalue weighted by Gasteiger charge is -2.12. The predicted octanol–water partition coefficient (Wildman–Crippen LogP) is 6.52. The van der Waals surface area contributed by atoms with Crippen molar-refractivity contribution in [3.05, 3.63) is 100 Å². The van der Waals surface area contributed by atoms with Gasteiger partial charge in [-0.15, -0.1) is 0 Å². The number of amides is 2. The number of nitrogens with zero attached hydrogens (tertiary/aromatic N) is 1. The molecule has 1 aliphatic rings. The Morgan fingerprint density at radius 3 is 2.13 bits per heavy atom. The first-order chi connectivity index (χ1) is 14.5. The minimum atomic E-state index is -0.350. The number of hydrogen-bond acceptors (Lipinski definition) is 4. The molecule has 6 heteroatoms. The second kappa shape index (κ2) is 8.90. The highest BCUT2D eigenvalue weighted by molar-refractivity contribution is 8.18. The topological polar surface area (TPSA) is 37.4 Å². The van der Waals surface area contributed by atoms with Crippen molar-refractivity contribution in [2.75, 3.05) is 0 Å². The van der Waals surface area contributed by atoms with Crippen molar-refractivity contribution < 1.29 is 14.0 Å². The fraction of sp³-hybridized carbons (Fsp3) is 0.0833. The normalized spacial score (nSPS) is 15.3. The third-order valence-electron chi connectivity index (χ3n) is 4.56. The number of carbonyl (C=O) groups is 2. The fourth-order valence-electron chi connectivity index (χ4n) is 2.93. The average molecular weight is 436 g/mol. The lowest BCUT2D eigenvalue weighted by molar-refractivity contribution is -0.123. The van der Waals surface area contributed by atoms with Gasteiger partial charge in [0, 0.05) is 9.79 Å². The van der Waals surface area contributed by atoms with Crippen LogP contribution >= 0.6 is 23.5 Å². The number of carbonyl (C=O) groups excluding carboxylic acids is 2. The van der Waals surface area contributed by atoms with Crippen LogP contribution in [0.2, 0.25) is 0 Å². The summed E-state index contributed by atoms with van der Waals surface area (Å²) in [4.78, 5) is 28.8. The molecule has 0 N–H and O–H groups in total. The van der Waals surface area contributed by atoms with Crippen LogP contribution in [0.5, 0.6) is 0 Å². The first-order valence-electron chi connectivity index (χ1n) is 9.32. The zero-order valence-electron chi connectivity index (χ0n) is 16.2. The summed E-state index contributed by atoms with van der Waals surface area (Å²) in [6.07, 6.45) is 1.73. The highest BCUT2D eigenvalue weighted by atomic mass is 32.2. The first-order valence-corrected chi connectivity index (χ1v) is 11.0. The molecule has 1 saturated heterocycles. The highest BCUT2D eigenvalue weighted by Crippen LogP contribution is 2.34. The van der Waals surface area contributed by atoms with E-state index in [0.717, 1.165) is 27.1 Å². The smallest absolute Gasteiger partial charge is 0.268 e. The molecule has 1 fully saturated rings. The molecule has 1 heterocycles. The van der Waals surface area contributed by atoms with Crippen LogP contribution in [0, 0.1) is 12.7 Å². The number of rotatable bonds is 5. The van der Waals surface area contributed by atoms with Gasteiger partial charge in [-0.05, 0) is 72.3 Å². The first kappa shape index (κ1) is 20.4. The van der Waals surface area contributed by atoms with E-state index >= 15 is 0 Å². The molecule has 3 aromatic carbocycles. The zero-order valence-corrected chi connectivity index (χ0v) is 17.8. The summed E-state index contributed by atoms with van der Waals surface area (Å²) in [5, 5.41) is -0.317. The number of benzene rings is 3. The average Bonchev–Trinajstić information content (AvgIpc) is 3.00. The van der Waals surface area contributed by atoms with Crippen molar-refractivity contribution in [1.29, 1.82) is 0 Å². The summed E-state index contributed by atoms with van der Waals surface area (Å²) in [5.74, 6) is -0.677. The molecule has 0 aromatic heterocycles. The minimum absolute atomic E-state index is 0.133. The molecule has 0 radical (unpaired) electrons. The number of imide groups is 1. The molecule has 150 valence electrons. The number of aryl methyl sites for hydroxylation is 1. The van der Waals surface area contributed by atoms with Crippen LogP contribution in [0.3, 0.4) is 0 Å². The molecule has 0 bridgehead atoms. The van der Waals surface area contributed by atoms with Gasteiger partial charge in [0.1, 0.15) is 5.82 Å². The molecule has 2 amide bonds. The van der Waals surface area contributed by atoms with E-state index in [1.807, 2.05) is 24.3 Å². The van der Waals surface area contributed by atoms with E-state index in [0.29, 0.717) is 10.5 Å². The van der Waals surface area contributed by atoms with Crippen molar-refractivity contribution in [3.63, 3.8) is 0 Å². The van der Waals surface area contributed by atoms with E-state index in [1.54, 1.807) is 30.0 Å². The van der Waals surface area contributed by atoms with Gasteiger partial charge in [0.05, 0.1) is 11.4 Å². The maximum atomic E-state index is 13.1. The molecule has 0 saturated carbocycles. The number of hydrogen-bond donors (Lipinski definition) is 0. The van der Waals surface area contributed by atoms with Gasteiger partial charge in [0.25, 0.3) is 11.1 Å². The Kier molecular flexibility index (Phi) is 6.06. The summed E-state index contributed by atoms with van der Waals surface area (Å²) in [6.45, 7) is 2.19. The van der Waals surface area contributed by atoms with Crippen molar-refractivity contribution in [2.24, 2.45) is 0 Å². The van der Waals surface area contributed by atoms with E-state index in [9.17, 15) is 14.0 Å². The van der Waals surface area contributed by atoms with Gasteiger partial charge in [-0.2, -0.15) is 0 Å². The summed E-state index contributed by atoms with van der Waals surface area (Å²) in [6, 6.07) is 22.0. The molecule has 4 rings (SSSR count). The van der Waals surface area contributed by atoms with E-state index in [4.69, 9.17) is 0 Å². The van der Waals surface area contributed by atoms with Crippen LogP contribution in [0.1, 0.15) is 16.7 Å². The fourth-order valence-corrected chi connectivity index (χ4v) is 4.59. The highest BCUT2D eigenvalue weighted by Gasteiger charge is 2.34. The standard InChI is InChI=1S/C24H18FNO2S2/c1-16-2-10-20(11-3-16)29-21-12-6-17(7-13-21)14-22-23(27)26(24(28)30-22)15-18-4-8-19(25)9-5-18/h2-14H,15H2,1H3/b22-14-. The van der Waals surface area contributed by atoms with Gasteiger partial charge >= 0.3 is 0 Å². The van der Waals surface area contributed by atoms with Gasteiger partial charge in [-0.3, -0.25) is 14.5 Å². The molecule has 0 atom stereocenters. The Morgan fingerprint density at radius 2 is 1.50 bits per heavy atom. The molecule has 3 aromatic rings. The zero-order chi connectivity index (χ0) is 21.1. The van der Waals surface area contributed by atoms with Crippen LogP contribution in [0.25, 0.3) is 6.08 Å². The van der Waals surface area contributed by atoms with Gasteiger partial charge in [-0.1, -0.05) is 53.7 Å². The summed E-state index contributed by atoms with van der Waals surface area (Å²) in [7, 11) is 0. The molecule has 0 aliphatic carbocycles. The SMILES string of the molecule is Cc1ccc(Sc2ccc(/C=C3\SC(=O)N(Cc4ccc(F)cc4)C3=O)cc2)cc1. The number of halogens is 1. The van der Waals surface area contributed by atoms with Crippen molar-refractivity contribution in [1.82, 2.24) is 4.90 Å². The Morgan fingerprint density at radius 1 is 0.900 bits per heavy atom. The number of thioether (sulfide) groups is 1. The van der Waals surface area contributed by atoms with Crippen LogP contribution in [0.15, 0.2) is 87.5 Å². The molecule has 0 unspecified atom stereocenters. The van der Waals surface area contributed by atoms with E-state index in [-0.39, 0.29) is 23.5 Å². The maximum absolute atomic E-state index is 13.1. The van der Waals surface area contributed by atoms with Crippen molar-refractivity contribution in [2.45, 2.75) is 23.3 Å². The quantitative estimate of drug-likeness (QED) is 0.428. The van der Waals surface area contributed by atoms with Gasteiger partial charge < -0.3 is 0 Å². The third kappa shape index (κ3) is 4.83. The summed E-state index contributed by atoms with van der Waals surface area (Å²) < 4.78 is 13.1. The molecular weight excluding hydrogens is 417 g/mol. The van der Waals surface area contributed by atoms with Gasteiger partial charge in [-0.25, -0.2) is 4.39 Å². The van der Waals surface area contributed by atoms with E-state index in [2.05, 4.69) is 31.2 Å². The summed E-state index contributed by atoms with van der Waals surface area (Å²) in [5.41, 5.74) is 2.79. The van der Waals surface area contributed by atoms with Gasteiger partial charge in [0.15, 0.2) is 0 Å². The Bertz CT molecular complexity index is 1110. The Balaban J connectivity index is 1.45. The molecule has 1 aliphatic heterocycles. The lowest BCUT2D eigenvalue weighted by atomic mass is 10.2. The second-order valence-corrected chi connectivity index (χ2v) is 9.02. The van der Waals surface area contributed by atoms with Gasteiger partial charge in [0.2, 0.25) is 0 Å². The second-order valence-electron chi connectivity index (χ2n) is 6.88. The monoisotopic (exact) mass is 435 g/mol. The molecule has 30 heavy (non-hydrogen) atoms. The van der Waals surface area contributed by atoms with E-state index < -0.39 is 0 Å².